The van der Waals surface area contributed by atoms with E-state index in [1.54, 1.807) is 0 Å². The molecule has 3 aliphatic rings. The molecule has 0 radical (unpaired) electrons. The SMILES string of the molecule is CCC(C)CC1(C)C2C3=CCCCC3C21. The van der Waals surface area contributed by atoms with Crippen LogP contribution < -0.4 is 0 Å². The van der Waals surface area contributed by atoms with Crippen molar-refractivity contribution in [2.24, 2.45) is 29.1 Å². The number of rotatable bonds is 3. The Morgan fingerprint density at radius 1 is 1.53 bits per heavy atom. The van der Waals surface area contributed by atoms with Gasteiger partial charge in [0.2, 0.25) is 0 Å². The fourth-order valence-corrected chi connectivity index (χ4v) is 4.59. The monoisotopic (exact) mass is 204 g/mol. The van der Waals surface area contributed by atoms with Gasteiger partial charge in [0.15, 0.2) is 0 Å². The van der Waals surface area contributed by atoms with Gasteiger partial charge in [0.25, 0.3) is 0 Å². The first-order valence-corrected chi connectivity index (χ1v) is 6.88. The topological polar surface area (TPSA) is 0 Å². The van der Waals surface area contributed by atoms with Crippen molar-refractivity contribution in [1.29, 1.82) is 0 Å². The van der Waals surface area contributed by atoms with Crippen LogP contribution in [0.4, 0.5) is 0 Å². The lowest BCUT2D eigenvalue weighted by molar-refractivity contribution is 0.322. The van der Waals surface area contributed by atoms with Gasteiger partial charge in [-0.05, 0) is 54.8 Å². The summed E-state index contributed by atoms with van der Waals surface area (Å²) in [6, 6.07) is 0. The van der Waals surface area contributed by atoms with E-state index >= 15 is 0 Å². The second-order valence-corrected chi connectivity index (χ2v) is 6.47. The first-order chi connectivity index (χ1) is 7.18. The molecular weight excluding hydrogens is 180 g/mol. The van der Waals surface area contributed by atoms with Crippen molar-refractivity contribution in [3.63, 3.8) is 0 Å². The lowest BCUT2D eigenvalue weighted by Gasteiger charge is -2.32. The van der Waals surface area contributed by atoms with E-state index in [4.69, 9.17) is 0 Å². The summed E-state index contributed by atoms with van der Waals surface area (Å²) in [4.78, 5) is 0. The maximum Gasteiger partial charge on any atom is -0.0104 e. The van der Waals surface area contributed by atoms with E-state index in [-0.39, 0.29) is 0 Å². The smallest absolute Gasteiger partial charge is 0.0104 e. The van der Waals surface area contributed by atoms with Crippen molar-refractivity contribution in [2.75, 3.05) is 0 Å². The van der Waals surface area contributed by atoms with Crippen molar-refractivity contribution in [3.05, 3.63) is 11.6 Å². The number of fused-ring (bicyclic) bond motifs is 4. The maximum atomic E-state index is 2.58. The van der Waals surface area contributed by atoms with Gasteiger partial charge in [0.1, 0.15) is 0 Å². The Balaban J connectivity index is 1.72. The Morgan fingerprint density at radius 2 is 2.33 bits per heavy atom. The summed E-state index contributed by atoms with van der Waals surface area (Å²) >= 11 is 0. The predicted octanol–water partition coefficient (Wildman–Crippen LogP) is 4.42. The Morgan fingerprint density at radius 3 is 3.00 bits per heavy atom. The van der Waals surface area contributed by atoms with Crippen molar-refractivity contribution >= 4 is 0 Å². The Bertz CT molecular complexity index is 301. The Hall–Kier alpha value is -0.260. The van der Waals surface area contributed by atoms with E-state index in [9.17, 15) is 0 Å². The molecule has 5 atom stereocenters. The summed E-state index contributed by atoms with van der Waals surface area (Å²) in [5.74, 6) is 4.08. The molecule has 0 aromatic rings. The minimum Gasteiger partial charge on any atom is -0.0847 e. The molecular formula is C15H24. The molecule has 0 heteroatoms. The molecule has 3 rings (SSSR count). The number of hydrogen-bond acceptors (Lipinski definition) is 0. The summed E-state index contributed by atoms with van der Waals surface area (Å²) in [6.07, 6.45) is 9.75. The fraction of sp³-hybridized carbons (Fsp3) is 0.867. The van der Waals surface area contributed by atoms with Crippen LogP contribution >= 0.6 is 0 Å². The van der Waals surface area contributed by atoms with Gasteiger partial charge in [-0.2, -0.15) is 0 Å². The molecule has 15 heavy (non-hydrogen) atoms. The molecule has 2 saturated carbocycles. The van der Waals surface area contributed by atoms with Gasteiger partial charge < -0.3 is 0 Å². The summed E-state index contributed by atoms with van der Waals surface area (Å²) in [5.41, 5.74) is 2.59. The highest BCUT2D eigenvalue weighted by atomic mass is 14.8. The van der Waals surface area contributed by atoms with Crippen LogP contribution in [0.25, 0.3) is 0 Å². The second kappa shape index (κ2) is 3.12. The standard InChI is InChI=1S/C15H24/c1-4-10(2)9-15(3)13-11-7-5-6-8-12(11)14(13)15/h7,10,12-14H,4-6,8-9H2,1-3H3. The van der Waals surface area contributed by atoms with Crippen LogP contribution in [-0.4, -0.2) is 0 Å². The molecule has 3 aliphatic carbocycles. The van der Waals surface area contributed by atoms with Gasteiger partial charge in [-0.3, -0.25) is 0 Å². The summed E-state index contributed by atoms with van der Waals surface area (Å²) in [5, 5.41) is 0. The van der Waals surface area contributed by atoms with Gasteiger partial charge in [-0.25, -0.2) is 0 Å². The van der Waals surface area contributed by atoms with Gasteiger partial charge in [0, 0.05) is 0 Å². The second-order valence-electron chi connectivity index (χ2n) is 6.47. The molecule has 0 heterocycles. The largest absolute Gasteiger partial charge is 0.0847 e. The van der Waals surface area contributed by atoms with Crippen molar-refractivity contribution < 1.29 is 0 Å². The van der Waals surface area contributed by atoms with Gasteiger partial charge in [0.05, 0.1) is 0 Å². The Labute approximate surface area is 94.1 Å². The molecule has 84 valence electrons. The first-order valence-electron chi connectivity index (χ1n) is 6.88. The molecule has 2 fully saturated rings. The van der Waals surface area contributed by atoms with E-state index in [2.05, 4.69) is 26.8 Å². The predicted molar refractivity (Wildman–Crippen MR) is 64.6 cm³/mol. The minimum absolute atomic E-state index is 0.719. The quantitative estimate of drug-likeness (QED) is 0.597. The van der Waals surface area contributed by atoms with E-state index in [1.807, 2.05) is 5.57 Å². The third kappa shape index (κ3) is 1.20. The molecule has 0 spiro atoms. The first kappa shape index (κ1) is 9.93. The fourth-order valence-electron chi connectivity index (χ4n) is 4.59. The molecule has 0 aromatic carbocycles. The highest BCUT2D eigenvalue weighted by Crippen LogP contribution is 2.79. The normalized spacial score (nSPS) is 48.5. The van der Waals surface area contributed by atoms with Crippen LogP contribution in [0.3, 0.4) is 0 Å². The Kier molecular flexibility index (Phi) is 2.06. The van der Waals surface area contributed by atoms with Crippen LogP contribution in [0, 0.1) is 29.1 Å². The van der Waals surface area contributed by atoms with Crippen molar-refractivity contribution in [1.82, 2.24) is 0 Å². The van der Waals surface area contributed by atoms with E-state index in [0.717, 1.165) is 29.1 Å². The third-order valence-corrected chi connectivity index (χ3v) is 5.53. The molecule has 0 bridgehead atoms. The van der Waals surface area contributed by atoms with E-state index in [1.165, 1.54) is 32.1 Å². The highest BCUT2D eigenvalue weighted by Gasteiger charge is 2.73. The average Bonchev–Trinajstić information content (AvgIpc) is 2.72. The van der Waals surface area contributed by atoms with Crippen LogP contribution in [0.15, 0.2) is 11.6 Å². The molecule has 0 N–H and O–H groups in total. The third-order valence-electron chi connectivity index (χ3n) is 5.53. The van der Waals surface area contributed by atoms with Crippen LogP contribution in [0.2, 0.25) is 0 Å². The highest BCUT2D eigenvalue weighted by molar-refractivity contribution is 5.41. The van der Waals surface area contributed by atoms with Gasteiger partial charge in [-0.1, -0.05) is 38.8 Å². The zero-order valence-corrected chi connectivity index (χ0v) is 10.4. The van der Waals surface area contributed by atoms with E-state index in [0.29, 0.717) is 0 Å². The van der Waals surface area contributed by atoms with Crippen LogP contribution in [0.1, 0.15) is 52.9 Å². The van der Waals surface area contributed by atoms with Crippen LogP contribution in [-0.2, 0) is 0 Å². The van der Waals surface area contributed by atoms with Crippen LogP contribution in [0.5, 0.6) is 0 Å². The summed E-state index contributed by atoms with van der Waals surface area (Å²) in [6.45, 7) is 7.33. The lowest BCUT2D eigenvalue weighted by atomic mass is 9.73. The number of hydrogen-bond donors (Lipinski definition) is 0. The molecule has 0 amide bonds. The molecule has 5 unspecified atom stereocenters. The molecule has 0 saturated heterocycles. The average molecular weight is 204 g/mol. The molecule has 0 aliphatic heterocycles. The maximum absolute atomic E-state index is 2.58. The van der Waals surface area contributed by atoms with Crippen molar-refractivity contribution in [3.8, 4) is 0 Å². The minimum atomic E-state index is 0.719. The number of allylic oxidation sites excluding steroid dienone is 2. The van der Waals surface area contributed by atoms with E-state index < -0.39 is 0 Å². The van der Waals surface area contributed by atoms with Gasteiger partial charge >= 0.3 is 0 Å². The summed E-state index contributed by atoms with van der Waals surface area (Å²) < 4.78 is 0. The van der Waals surface area contributed by atoms with Crippen molar-refractivity contribution in [2.45, 2.75) is 52.9 Å². The zero-order chi connectivity index (χ0) is 10.6. The van der Waals surface area contributed by atoms with Gasteiger partial charge in [-0.15, -0.1) is 0 Å². The molecule has 0 nitrogen and oxygen atoms in total. The summed E-state index contributed by atoms with van der Waals surface area (Å²) in [7, 11) is 0. The lowest BCUT2D eigenvalue weighted by Crippen LogP contribution is -2.22. The molecule has 0 aromatic heterocycles. The zero-order valence-electron chi connectivity index (χ0n) is 10.4.